The number of hydrogen-bond donors (Lipinski definition) is 2. The van der Waals surface area contributed by atoms with E-state index in [-0.39, 0.29) is 18.4 Å². The van der Waals surface area contributed by atoms with Crippen LogP contribution < -0.4 is 11.1 Å². The third kappa shape index (κ3) is 2.72. The molecule has 3 nitrogen and oxygen atoms in total. The Labute approximate surface area is 121 Å². The predicted octanol–water partition coefficient (Wildman–Crippen LogP) is 3.66. The molecule has 0 unspecified atom stereocenters. The lowest BCUT2D eigenvalue weighted by molar-refractivity contribution is 0.637. The largest absolute Gasteiger partial charge is 0.357 e. The fraction of sp³-hybridized carbons (Fsp3) is 0.417. The number of aromatic nitrogens is 1. The van der Waals surface area contributed by atoms with Crippen molar-refractivity contribution in [3.8, 4) is 0 Å². The minimum Gasteiger partial charge on any atom is -0.357 e. The molecule has 1 fully saturated rings. The van der Waals surface area contributed by atoms with E-state index in [0.29, 0.717) is 6.04 Å². The van der Waals surface area contributed by atoms with Gasteiger partial charge in [-0.1, -0.05) is 22.9 Å². The van der Waals surface area contributed by atoms with Crippen LogP contribution in [0.2, 0.25) is 5.02 Å². The van der Waals surface area contributed by atoms with Gasteiger partial charge in [0.15, 0.2) is 5.13 Å². The highest BCUT2D eigenvalue weighted by Crippen LogP contribution is 2.30. The molecule has 1 aliphatic rings. The average Bonchev–Trinajstić information content (AvgIpc) is 2.85. The smallest absolute Gasteiger partial charge is 0.184 e. The van der Waals surface area contributed by atoms with Crippen LogP contribution in [-0.2, 0) is 0 Å². The number of benzene rings is 1. The fourth-order valence-electron chi connectivity index (χ4n) is 2.29. The molecule has 0 bridgehead atoms. The minimum absolute atomic E-state index is 0. The molecule has 3 rings (SSSR count). The van der Waals surface area contributed by atoms with E-state index in [1.807, 2.05) is 18.2 Å². The van der Waals surface area contributed by atoms with Gasteiger partial charge in [0.2, 0.25) is 0 Å². The molecular formula is C12H15Cl2N3S. The van der Waals surface area contributed by atoms with Gasteiger partial charge in [-0.2, -0.15) is 0 Å². The summed E-state index contributed by atoms with van der Waals surface area (Å²) in [4.78, 5) is 4.54. The number of rotatable bonds is 2. The maximum atomic E-state index is 6.04. The van der Waals surface area contributed by atoms with Gasteiger partial charge in [-0.25, -0.2) is 4.98 Å². The molecule has 98 valence electrons. The van der Waals surface area contributed by atoms with E-state index in [4.69, 9.17) is 17.3 Å². The number of nitrogens with two attached hydrogens (primary N) is 1. The zero-order chi connectivity index (χ0) is 11.8. The molecule has 6 heteroatoms. The molecule has 2 atom stereocenters. The van der Waals surface area contributed by atoms with Crippen LogP contribution in [0.15, 0.2) is 18.2 Å². The van der Waals surface area contributed by atoms with Gasteiger partial charge in [-0.15, -0.1) is 12.4 Å². The average molecular weight is 304 g/mol. The Kier molecular flexibility index (Phi) is 4.33. The minimum atomic E-state index is 0. The third-order valence-electron chi connectivity index (χ3n) is 3.23. The first kappa shape index (κ1) is 13.9. The van der Waals surface area contributed by atoms with Crippen LogP contribution in [0, 0.1) is 0 Å². The molecule has 0 amide bonds. The number of halogens is 2. The van der Waals surface area contributed by atoms with Crippen LogP contribution in [0.4, 0.5) is 5.13 Å². The van der Waals surface area contributed by atoms with Crippen LogP contribution in [0.25, 0.3) is 10.2 Å². The number of nitrogens with one attached hydrogen (secondary N) is 1. The number of thiazole rings is 1. The molecule has 1 heterocycles. The summed E-state index contributed by atoms with van der Waals surface area (Å²) in [7, 11) is 0. The van der Waals surface area contributed by atoms with Crippen LogP contribution in [0.1, 0.15) is 19.3 Å². The Morgan fingerprint density at radius 1 is 1.39 bits per heavy atom. The van der Waals surface area contributed by atoms with Gasteiger partial charge in [0.25, 0.3) is 0 Å². The van der Waals surface area contributed by atoms with Crippen LogP contribution in [0.3, 0.4) is 0 Å². The fourth-order valence-corrected chi connectivity index (χ4v) is 3.49. The summed E-state index contributed by atoms with van der Waals surface area (Å²) in [5, 5.41) is 5.14. The first-order chi connectivity index (χ1) is 8.22. The standard InChI is InChI=1S/C12H14ClN3S.ClH/c13-7-4-5-10-11(6-7)17-12(16-10)15-9-3-1-2-8(9)14;/h4-6,8-9H,1-3,14H2,(H,15,16);1H/t8-,9+;/m1./s1. The molecule has 1 aliphatic carbocycles. The number of nitrogens with zero attached hydrogens (tertiary/aromatic N) is 1. The molecule has 18 heavy (non-hydrogen) atoms. The van der Waals surface area contributed by atoms with E-state index in [1.165, 1.54) is 6.42 Å². The maximum Gasteiger partial charge on any atom is 0.184 e. The van der Waals surface area contributed by atoms with Gasteiger partial charge in [-0.3, -0.25) is 0 Å². The Balaban J connectivity index is 0.00000120. The van der Waals surface area contributed by atoms with E-state index < -0.39 is 0 Å². The highest BCUT2D eigenvalue weighted by Gasteiger charge is 2.24. The van der Waals surface area contributed by atoms with Gasteiger partial charge in [0.05, 0.1) is 10.2 Å². The van der Waals surface area contributed by atoms with Crippen molar-refractivity contribution in [3.05, 3.63) is 23.2 Å². The van der Waals surface area contributed by atoms with Crippen molar-refractivity contribution in [3.63, 3.8) is 0 Å². The summed E-state index contributed by atoms with van der Waals surface area (Å²) in [6, 6.07) is 6.40. The normalized spacial score (nSPS) is 23.0. The molecule has 0 aliphatic heterocycles. The van der Waals surface area contributed by atoms with E-state index in [9.17, 15) is 0 Å². The topological polar surface area (TPSA) is 50.9 Å². The highest BCUT2D eigenvalue weighted by molar-refractivity contribution is 7.22. The van der Waals surface area contributed by atoms with Crippen molar-refractivity contribution in [1.29, 1.82) is 0 Å². The maximum absolute atomic E-state index is 6.04. The Hall–Kier alpha value is -0.550. The molecule has 1 saturated carbocycles. The Morgan fingerprint density at radius 2 is 2.22 bits per heavy atom. The summed E-state index contributed by atoms with van der Waals surface area (Å²) in [6.07, 6.45) is 3.45. The summed E-state index contributed by atoms with van der Waals surface area (Å²) in [6.45, 7) is 0. The quantitative estimate of drug-likeness (QED) is 0.890. The molecule has 1 aromatic carbocycles. The van der Waals surface area contributed by atoms with Crippen molar-refractivity contribution < 1.29 is 0 Å². The number of fused-ring (bicyclic) bond motifs is 1. The van der Waals surface area contributed by atoms with Gasteiger partial charge >= 0.3 is 0 Å². The summed E-state index contributed by atoms with van der Waals surface area (Å²) in [5.41, 5.74) is 7.03. The van der Waals surface area contributed by atoms with Crippen LogP contribution in [0.5, 0.6) is 0 Å². The lowest BCUT2D eigenvalue weighted by Gasteiger charge is -2.15. The van der Waals surface area contributed by atoms with E-state index in [2.05, 4.69) is 10.3 Å². The van der Waals surface area contributed by atoms with Crippen molar-refractivity contribution in [1.82, 2.24) is 4.98 Å². The second-order valence-electron chi connectivity index (χ2n) is 4.48. The zero-order valence-corrected chi connectivity index (χ0v) is 12.1. The van der Waals surface area contributed by atoms with Gasteiger partial charge in [-0.05, 0) is 37.5 Å². The van der Waals surface area contributed by atoms with Gasteiger partial charge in [0.1, 0.15) is 0 Å². The number of anilines is 1. The molecule has 2 aromatic rings. The number of hydrogen-bond acceptors (Lipinski definition) is 4. The van der Waals surface area contributed by atoms with Crippen molar-refractivity contribution in [2.75, 3.05) is 5.32 Å². The second kappa shape index (κ2) is 5.61. The third-order valence-corrected chi connectivity index (χ3v) is 4.41. The lowest BCUT2D eigenvalue weighted by Crippen LogP contribution is -2.35. The molecule has 0 radical (unpaired) electrons. The van der Waals surface area contributed by atoms with Crippen molar-refractivity contribution in [2.45, 2.75) is 31.3 Å². The van der Waals surface area contributed by atoms with E-state index >= 15 is 0 Å². The Bertz CT molecular complexity index is 543. The van der Waals surface area contributed by atoms with E-state index in [0.717, 1.165) is 33.2 Å². The zero-order valence-electron chi connectivity index (χ0n) is 9.73. The summed E-state index contributed by atoms with van der Waals surface area (Å²) in [5.74, 6) is 0. The van der Waals surface area contributed by atoms with Gasteiger partial charge in [0, 0.05) is 17.1 Å². The lowest BCUT2D eigenvalue weighted by atomic mass is 10.2. The van der Waals surface area contributed by atoms with Crippen molar-refractivity contribution >= 4 is 50.7 Å². The molecular weight excluding hydrogens is 289 g/mol. The molecule has 0 saturated heterocycles. The van der Waals surface area contributed by atoms with Crippen molar-refractivity contribution in [2.24, 2.45) is 5.73 Å². The molecule has 0 spiro atoms. The first-order valence-corrected chi connectivity index (χ1v) is 7.00. The van der Waals surface area contributed by atoms with Crippen LogP contribution in [-0.4, -0.2) is 17.1 Å². The summed E-state index contributed by atoms with van der Waals surface area (Å²) >= 11 is 7.60. The summed E-state index contributed by atoms with van der Waals surface area (Å²) < 4.78 is 1.12. The monoisotopic (exact) mass is 303 g/mol. The SMILES string of the molecule is Cl.N[C@@H]1CCC[C@@H]1Nc1nc2ccc(Cl)cc2s1. The predicted molar refractivity (Wildman–Crippen MR) is 81.1 cm³/mol. The van der Waals surface area contributed by atoms with E-state index in [1.54, 1.807) is 11.3 Å². The first-order valence-electron chi connectivity index (χ1n) is 5.80. The van der Waals surface area contributed by atoms with Crippen LogP contribution >= 0.6 is 35.3 Å². The Morgan fingerprint density at radius 3 is 2.94 bits per heavy atom. The van der Waals surface area contributed by atoms with Gasteiger partial charge < -0.3 is 11.1 Å². The highest BCUT2D eigenvalue weighted by atomic mass is 35.5. The molecule has 1 aromatic heterocycles. The molecule has 3 N–H and O–H groups in total. The second-order valence-corrected chi connectivity index (χ2v) is 5.94.